The molecule has 0 spiro atoms. The number of aliphatic imine (C=N–C) groups is 1. The predicted octanol–water partition coefficient (Wildman–Crippen LogP) is 5.77. The number of alkyl halides is 5. The van der Waals surface area contributed by atoms with Crippen LogP contribution in [0.4, 0.5) is 26.3 Å². The van der Waals surface area contributed by atoms with Gasteiger partial charge in [-0.15, -0.1) is 11.3 Å². The molecule has 3 aromatic rings. The van der Waals surface area contributed by atoms with Crippen LogP contribution in [0, 0.1) is 5.82 Å². The normalized spacial score (nSPS) is 23.4. The Labute approximate surface area is 257 Å². The SMILES string of the molecule is O=S(=O)(N[C@H]1CC2=C(c3ccn(C(F)F)n3)[C@H](c3ccc(F)cc3Cl)N=C(c3nccs3)N2C1)N1CCCC[C@@H]1C(F)(F)F. The third-order valence-electron chi connectivity index (χ3n) is 7.68. The number of thiazole rings is 1. The molecule has 0 aliphatic carbocycles. The van der Waals surface area contributed by atoms with Gasteiger partial charge in [-0.3, -0.25) is 4.99 Å². The van der Waals surface area contributed by atoms with Crippen LogP contribution >= 0.6 is 22.9 Å². The molecular formula is C26H24ClF6N7O2S2. The summed E-state index contributed by atoms with van der Waals surface area (Å²) in [7, 11) is -4.60. The first-order chi connectivity index (χ1) is 20.8. The van der Waals surface area contributed by atoms with Gasteiger partial charge in [-0.1, -0.05) is 24.1 Å². The van der Waals surface area contributed by atoms with Gasteiger partial charge in [0, 0.05) is 65.2 Å². The number of fused-ring (bicyclic) bond motifs is 1. The molecule has 3 atom stereocenters. The Morgan fingerprint density at radius 1 is 1.16 bits per heavy atom. The minimum absolute atomic E-state index is 0.00983. The maximum absolute atomic E-state index is 14.0. The van der Waals surface area contributed by atoms with E-state index in [1.54, 1.807) is 10.3 Å². The average Bonchev–Trinajstić information content (AvgIpc) is 3.73. The minimum Gasteiger partial charge on any atom is -0.326 e. The van der Waals surface area contributed by atoms with Crippen molar-refractivity contribution in [2.24, 2.45) is 4.99 Å². The molecular weight excluding hydrogens is 656 g/mol. The number of halogens is 7. The van der Waals surface area contributed by atoms with Crippen molar-refractivity contribution < 1.29 is 34.8 Å². The largest absolute Gasteiger partial charge is 0.405 e. The highest BCUT2D eigenvalue weighted by Gasteiger charge is 2.50. The number of hydrogen-bond donors (Lipinski definition) is 1. The number of nitrogens with zero attached hydrogens (tertiary/aromatic N) is 6. The summed E-state index contributed by atoms with van der Waals surface area (Å²) in [6, 6.07) is 0.959. The molecule has 2 fully saturated rings. The standard InChI is InChI=1S/C26H24ClF6N7O2S2/c27-17-11-14(28)4-5-16(17)22-21(18-6-9-39(36-18)25(29)30)19-12-15(13-38(19)23(35-22)24-34-7-10-43-24)37-44(41,42)40-8-2-1-3-20(40)26(31,32)33/h4-7,9-11,15,20,22,25,37H,1-3,8,12-13H2/t15-,20+,22-/m0/s1. The fourth-order valence-electron chi connectivity index (χ4n) is 5.83. The van der Waals surface area contributed by atoms with E-state index in [0.717, 1.165) is 12.3 Å². The van der Waals surface area contributed by atoms with Gasteiger partial charge in [0.1, 0.15) is 17.9 Å². The summed E-state index contributed by atoms with van der Waals surface area (Å²) in [5.74, 6) is -0.299. The van der Waals surface area contributed by atoms with Gasteiger partial charge in [0.05, 0.1) is 5.69 Å². The first-order valence-corrected chi connectivity index (χ1v) is 16.2. The van der Waals surface area contributed by atoms with Crippen LogP contribution in [0.15, 0.2) is 52.7 Å². The Morgan fingerprint density at radius 2 is 1.95 bits per heavy atom. The lowest BCUT2D eigenvalue weighted by Crippen LogP contribution is -2.56. The molecule has 3 aliphatic heterocycles. The van der Waals surface area contributed by atoms with Gasteiger partial charge in [0.25, 0.3) is 10.2 Å². The molecule has 9 nitrogen and oxygen atoms in total. The average molecular weight is 680 g/mol. The van der Waals surface area contributed by atoms with Crippen LogP contribution < -0.4 is 4.72 Å². The van der Waals surface area contributed by atoms with Gasteiger partial charge in [-0.2, -0.15) is 44.5 Å². The van der Waals surface area contributed by atoms with Crippen molar-refractivity contribution >= 4 is 44.6 Å². The molecule has 0 radical (unpaired) electrons. The zero-order chi connectivity index (χ0) is 31.4. The number of nitrogens with one attached hydrogen (secondary N) is 1. The number of benzene rings is 1. The molecule has 6 rings (SSSR count). The quantitative estimate of drug-likeness (QED) is 0.320. The van der Waals surface area contributed by atoms with Crippen LogP contribution in [-0.2, 0) is 10.2 Å². The van der Waals surface area contributed by atoms with Crippen molar-refractivity contribution in [3.63, 3.8) is 0 Å². The number of rotatable bonds is 7. The predicted molar refractivity (Wildman–Crippen MR) is 151 cm³/mol. The summed E-state index contributed by atoms with van der Waals surface area (Å²) >= 11 is 7.68. The van der Waals surface area contributed by atoms with Gasteiger partial charge in [-0.25, -0.2) is 14.1 Å². The van der Waals surface area contributed by atoms with Crippen LogP contribution in [0.3, 0.4) is 0 Å². The molecule has 44 heavy (non-hydrogen) atoms. The zero-order valence-electron chi connectivity index (χ0n) is 22.6. The second-order valence-corrected chi connectivity index (χ2v) is 13.4. The molecule has 0 bridgehead atoms. The van der Waals surface area contributed by atoms with Gasteiger partial charge in [-0.05, 0) is 31.0 Å². The van der Waals surface area contributed by atoms with Crippen molar-refractivity contribution in [2.75, 3.05) is 13.1 Å². The zero-order valence-corrected chi connectivity index (χ0v) is 24.9. The van der Waals surface area contributed by atoms with Gasteiger partial charge >= 0.3 is 12.7 Å². The Hall–Kier alpha value is -2.99. The summed E-state index contributed by atoms with van der Waals surface area (Å²) in [5, 5.41) is 6.18. The minimum atomic E-state index is -4.74. The molecule has 0 unspecified atom stereocenters. The van der Waals surface area contributed by atoms with Crippen molar-refractivity contribution in [3.8, 4) is 0 Å². The maximum Gasteiger partial charge on any atom is 0.405 e. The van der Waals surface area contributed by atoms with Gasteiger partial charge < -0.3 is 4.90 Å². The van der Waals surface area contributed by atoms with E-state index in [1.807, 2.05) is 0 Å². The molecule has 5 heterocycles. The Kier molecular flexibility index (Phi) is 8.28. The van der Waals surface area contributed by atoms with Crippen molar-refractivity contribution in [1.29, 1.82) is 0 Å². The van der Waals surface area contributed by atoms with Crippen molar-refractivity contribution in [2.45, 2.75) is 56.5 Å². The van der Waals surface area contributed by atoms with E-state index in [0.29, 0.717) is 36.7 Å². The van der Waals surface area contributed by atoms with E-state index in [-0.39, 0.29) is 49.5 Å². The summed E-state index contributed by atoms with van der Waals surface area (Å²) in [6.07, 6.45) is -1.98. The Balaban J connectivity index is 1.45. The molecule has 2 aromatic heterocycles. The van der Waals surface area contributed by atoms with E-state index < -0.39 is 46.9 Å². The molecule has 1 aromatic carbocycles. The topological polar surface area (TPSA) is 95.7 Å². The number of aromatic nitrogens is 3. The number of piperidine rings is 1. The lowest BCUT2D eigenvalue weighted by molar-refractivity contribution is -0.177. The summed E-state index contributed by atoms with van der Waals surface area (Å²) in [6.45, 7) is -3.28. The Morgan fingerprint density at radius 3 is 2.61 bits per heavy atom. The lowest BCUT2D eigenvalue weighted by atomic mass is 9.92. The molecule has 0 amide bonds. The molecule has 0 saturated carbocycles. The molecule has 1 N–H and O–H groups in total. The number of hydrogen-bond acceptors (Lipinski definition) is 7. The van der Waals surface area contributed by atoms with E-state index in [2.05, 4.69) is 14.8 Å². The van der Waals surface area contributed by atoms with Gasteiger partial charge in [0.2, 0.25) is 0 Å². The third-order valence-corrected chi connectivity index (χ3v) is 10.5. The van der Waals surface area contributed by atoms with Crippen LogP contribution in [0.1, 0.15) is 54.5 Å². The highest BCUT2D eigenvalue weighted by Crippen LogP contribution is 2.46. The molecule has 2 saturated heterocycles. The smallest absolute Gasteiger partial charge is 0.326 e. The maximum atomic E-state index is 14.0. The summed E-state index contributed by atoms with van der Waals surface area (Å²) in [5.41, 5.74) is 1.18. The van der Waals surface area contributed by atoms with E-state index in [4.69, 9.17) is 16.6 Å². The second kappa shape index (κ2) is 11.7. The van der Waals surface area contributed by atoms with Crippen LogP contribution in [0.5, 0.6) is 0 Å². The lowest BCUT2D eigenvalue weighted by Gasteiger charge is -2.36. The summed E-state index contributed by atoms with van der Waals surface area (Å²) < 4.78 is 113. The highest BCUT2D eigenvalue weighted by molar-refractivity contribution is 7.87. The van der Waals surface area contributed by atoms with Crippen LogP contribution in [0.2, 0.25) is 5.02 Å². The van der Waals surface area contributed by atoms with Crippen LogP contribution in [-0.4, -0.2) is 69.6 Å². The first kappa shape index (κ1) is 31.0. The Bertz CT molecular complexity index is 1710. The second-order valence-electron chi connectivity index (χ2n) is 10.5. The molecule has 236 valence electrons. The van der Waals surface area contributed by atoms with Crippen LogP contribution in [0.25, 0.3) is 5.57 Å². The highest BCUT2D eigenvalue weighted by atomic mass is 35.5. The fourth-order valence-corrected chi connectivity index (χ4v) is 8.39. The van der Waals surface area contributed by atoms with E-state index in [9.17, 15) is 34.8 Å². The molecule has 18 heteroatoms. The van der Waals surface area contributed by atoms with E-state index >= 15 is 0 Å². The van der Waals surface area contributed by atoms with E-state index in [1.165, 1.54) is 35.7 Å². The molecule has 3 aliphatic rings. The van der Waals surface area contributed by atoms with Gasteiger partial charge in [0.15, 0.2) is 10.8 Å². The number of amidine groups is 1. The van der Waals surface area contributed by atoms with Crippen molar-refractivity contribution in [3.05, 3.63) is 74.8 Å². The first-order valence-electron chi connectivity index (χ1n) is 13.5. The summed E-state index contributed by atoms with van der Waals surface area (Å²) in [4.78, 5) is 10.9. The monoisotopic (exact) mass is 679 g/mol. The van der Waals surface area contributed by atoms with Crippen molar-refractivity contribution in [1.82, 2.24) is 28.7 Å². The fraction of sp³-hybridized carbons (Fsp3) is 0.423. The third kappa shape index (κ3) is 5.87.